The highest BCUT2D eigenvalue weighted by Gasteiger charge is 2.63. The molecule has 6 atom stereocenters. The number of rotatable bonds is 2. The summed E-state index contributed by atoms with van der Waals surface area (Å²) in [7, 11) is 0. The van der Waals surface area contributed by atoms with Crippen LogP contribution in [0.4, 0.5) is 0 Å². The van der Waals surface area contributed by atoms with Gasteiger partial charge >= 0.3 is 17.9 Å². The third-order valence-corrected chi connectivity index (χ3v) is 5.07. The summed E-state index contributed by atoms with van der Waals surface area (Å²) >= 11 is 0. The Bertz CT molecular complexity index is 587. The van der Waals surface area contributed by atoms with Gasteiger partial charge in [-0.1, -0.05) is 18.2 Å². The largest absolute Gasteiger partial charge is 0.461 e. The second-order valence-corrected chi connectivity index (χ2v) is 5.96. The molecule has 0 aromatic rings. The summed E-state index contributed by atoms with van der Waals surface area (Å²) in [5, 5.41) is 0. The van der Waals surface area contributed by atoms with Crippen molar-refractivity contribution < 1.29 is 23.9 Å². The maximum Gasteiger partial charge on any atom is 0.318 e. The Morgan fingerprint density at radius 3 is 2.45 bits per heavy atom. The van der Waals surface area contributed by atoms with E-state index in [1.165, 1.54) is 6.92 Å². The molecule has 20 heavy (non-hydrogen) atoms. The van der Waals surface area contributed by atoms with Crippen molar-refractivity contribution in [1.29, 1.82) is 0 Å². The summed E-state index contributed by atoms with van der Waals surface area (Å²) in [4.78, 5) is 34.6. The predicted molar refractivity (Wildman–Crippen MR) is 65.9 cm³/mol. The van der Waals surface area contributed by atoms with E-state index in [1.54, 1.807) is 0 Å². The molecule has 0 aromatic heterocycles. The van der Waals surface area contributed by atoms with Crippen LogP contribution >= 0.6 is 0 Å². The molecule has 5 aliphatic rings. The molecule has 0 spiro atoms. The van der Waals surface area contributed by atoms with Crippen molar-refractivity contribution in [3.8, 4) is 0 Å². The van der Waals surface area contributed by atoms with Gasteiger partial charge in [-0.25, -0.2) is 0 Å². The normalized spacial score (nSPS) is 43.4. The number of carbonyl (C=O) groups is 3. The number of allylic oxidation sites excluding steroid dienone is 3. The molecule has 0 radical (unpaired) electrons. The molecule has 0 amide bonds. The number of cyclic esters (lactones) is 2. The molecule has 1 aliphatic heterocycles. The zero-order valence-corrected chi connectivity index (χ0v) is 10.9. The fourth-order valence-corrected chi connectivity index (χ4v) is 4.30. The van der Waals surface area contributed by atoms with Gasteiger partial charge < -0.3 is 9.47 Å². The van der Waals surface area contributed by atoms with Gasteiger partial charge in [0.05, 0.1) is 11.8 Å². The number of ether oxygens (including phenoxy) is 2. The molecule has 2 bridgehead atoms. The predicted octanol–water partition coefficient (Wildman–Crippen LogP) is 0.853. The van der Waals surface area contributed by atoms with Gasteiger partial charge in [0.2, 0.25) is 0 Å². The highest BCUT2D eigenvalue weighted by atomic mass is 16.6. The Kier molecular flexibility index (Phi) is 2.26. The summed E-state index contributed by atoms with van der Waals surface area (Å²) in [6.45, 7) is 1.67. The van der Waals surface area contributed by atoms with Crippen molar-refractivity contribution in [3.63, 3.8) is 0 Å². The highest BCUT2D eigenvalue weighted by Crippen LogP contribution is 2.60. The van der Waals surface area contributed by atoms with Gasteiger partial charge in [0.25, 0.3) is 0 Å². The van der Waals surface area contributed by atoms with Gasteiger partial charge in [-0.3, -0.25) is 14.4 Å². The van der Waals surface area contributed by atoms with Gasteiger partial charge in [0.1, 0.15) is 6.61 Å². The first kappa shape index (κ1) is 11.9. The number of hydrogen-bond donors (Lipinski definition) is 0. The zero-order valence-electron chi connectivity index (χ0n) is 10.9. The van der Waals surface area contributed by atoms with Crippen molar-refractivity contribution in [2.24, 2.45) is 35.5 Å². The molecular formula is C15H14O5. The minimum atomic E-state index is -0.392. The Balaban J connectivity index is 1.63. The van der Waals surface area contributed by atoms with Gasteiger partial charge in [0, 0.05) is 6.92 Å². The second kappa shape index (κ2) is 3.81. The van der Waals surface area contributed by atoms with Crippen molar-refractivity contribution in [1.82, 2.24) is 0 Å². The maximum absolute atomic E-state index is 11.9. The standard InChI is InChI=1S/C15H14O5/c1-6(16)19-5-7-4-10-8-2-3-9(11(7)10)13-12(8)14(17)20-15(13)18/h2-4,8-13H,5H2,1H3/t8-,9+,10-,11+,12+,13+/m1/s1. The molecule has 104 valence electrons. The van der Waals surface area contributed by atoms with E-state index in [0.29, 0.717) is 0 Å². The molecule has 5 nitrogen and oxygen atoms in total. The van der Waals surface area contributed by atoms with Gasteiger partial charge in [-0.2, -0.15) is 0 Å². The van der Waals surface area contributed by atoms with E-state index in [1.807, 2.05) is 12.2 Å². The Hall–Kier alpha value is -1.91. The van der Waals surface area contributed by atoms with Crippen LogP contribution in [0.25, 0.3) is 0 Å². The van der Waals surface area contributed by atoms with Crippen LogP contribution in [0.5, 0.6) is 0 Å². The van der Waals surface area contributed by atoms with Crippen LogP contribution in [0, 0.1) is 35.5 Å². The SMILES string of the molecule is CC(=O)OCC1=C[C@@H]2[C@H]3C=C[C@@H]([C@H]12)[C@@H]1C(=O)OC(=O)[C@@H]31. The molecule has 4 aliphatic carbocycles. The van der Waals surface area contributed by atoms with Crippen LogP contribution in [0.1, 0.15) is 6.92 Å². The van der Waals surface area contributed by atoms with Gasteiger partial charge in [-0.05, 0) is 29.2 Å². The van der Waals surface area contributed by atoms with E-state index in [4.69, 9.17) is 9.47 Å². The first-order valence-corrected chi connectivity index (χ1v) is 6.86. The molecule has 1 saturated heterocycles. The molecular weight excluding hydrogens is 260 g/mol. The summed E-state index contributed by atoms with van der Waals surface area (Å²) in [5.74, 6) is -1.20. The van der Waals surface area contributed by atoms with E-state index >= 15 is 0 Å². The van der Waals surface area contributed by atoms with E-state index in [9.17, 15) is 14.4 Å². The van der Waals surface area contributed by atoms with Crippen LogP contribution in [-0.2, 0) is 23.9 Å². The summed E-state index contributed by atoms with van der Waals surface area (Å²) in [6.07, 6.45) is 6.17. The fourth-order valence-electron chi connectivity index (χ4n) is 4.30. The molecule has 5 heteroatoms. The average molecular weight is 274 g/mol. The first-order valence-electron chi connectivity index (χ1n) is 6.86. The third-order valence-electron chi connectivity index (χ3n) is 5.07. The van der Waals surface area contributed by atoms with Gasteiger partial charge in [0.15, 0.2) is 0 Å². The van der Waals surface area contributed by atoms with Crippen molar-refractivity contribution >= 4 is 17.9 Å². The molecule has 2 fully saturated rings. The average Bonchev–Trinajstić information content (AvgIpc) is 2.66. The molecule has 0 aromatic carbocycles. The Morgan fingerprint density at radius 1 is 1.10 bits per heavy atom. The lowest BCUT2D eigenvalue weighted by molar-refractivity contribution is -0.154. The van der Waals surface area contributed by atoms with E-state index in [2.05, 4.69) is 6.08 Å². The minimum Gasteiger partial charge on any atom is -0.461 e. The molecule has 1 saturated carbocycles. The molecule has 5 rings (SSSR count). The van der Waals surface area contributed by atoms with E-state index < -0.39 is 5.97 Å². The van der Waals surface area contributed by atoms with Crippen molar-refractivity contribution in [3.05, 3.63) is 23.8 Å². The van der Waals surface area contributed by atoms with Crippen molar-refractivity contribution in [2.45, 2.75) is 6.92 Å². The monoisotopic (exact) mass is 274 g/mol. The Labute approximate surface area is 115 Å². The second-order valence-electron chi connectivity index (χ2n) is 5.96. The van der Waals surface area contributed by atoms with Crippen molar-refractivity contribution in [2.75, 3.05) is 6.61 Å². The van der Waals surface area contributed by atoms with Crippen LogP contribution in [0.3, 0.4) is 0 Å². The number of carbonyl (C=O) groups excluding carboxylic acids is 3. The summed E-state index contributed by atoms with van der Waals surface area (Å²) in [5.41, 5.74) is 1.06. The van der Waals surface area contributed by atoms with Crippen LogP contribution in [0.15, 0.2) is 23.8 Å². The zero-order chi connectivity index (χ0) is 14.0. The van der Waals surface area contributed by atoms with E-state index in [-0.39, 0.29) is 54.1 Å². The van der Waals surface area contributed by atoms with E-state index in [0.717, 1.165) is 5.57 Å². The highest BCUT2D eigenvalue weighted by molar-refractivity contribution is 5.98. The number of hydrogen-bond acceptors (Lipinski definition) is 5. The lowest BCUT2D eigenvalue weighted by Crippen LogP contribution is -2.53. The minimum absolute atomic E-state index is 0.00417. The topological polar surface area (TPSA) is 69.7 Å². The summed E-state index contributed by atoms with van der Waals surface area (Å²) < 4.78 is 9.87. The molecule has 0 unspecified atom stereocenters. The molecule has 0 N–H and O–H groups in total. The maximum atomic E-state index is 11.9. The lowest BCUT2D eigenvalue weighted by atomic mass is 9.48. The fraction of sp³-hybridized carbons (Fsp3) is 0.533. The molecule has 1 heterocycles. The number of esters is 3. The first-order chi connectivity index (χ1) is 9.58. The smallest absolute Gasteiger partial charge is 0.318 e. The quantitative estimate of drug-likeness (QED) is 0.424. The third kappa shape index (κ3) is 1.35. The van der Waals surface area contributed by atoms with Gasteiger partial charge in [-0.15, -0.1) is 0 Å². The van der Waals surface area contributed by atoms with Crippen LogP contribution in [-0.4, -0.2) is 24.5 Å². The Morgan fingerprint density at radius 2 is 1.75 bits per heavy atom. The van der Waals surface area contributed by atoms with Crippen LogP contribution < -0.4 is 0 Å². The van der Waals surface area contributed by atoms with Crippen LogP contribution in [0.2, 0.25) is 0 Å². The summed E-state index contributed by atoms with van der Waals surface area (Å²) in [6, 6.07) is 0. The lowest BCUT2D eigenvalue weighted by Gasteiger charge is -2.53.